The largest absolute Gasteiger partial charge is 0.465 e. The Kier molecular flexibility index (Phi) is 5.12. The van der Waals surface area contributed by atoms with Crippen molar-refractivity contribution in [3.05, 3.63) is 76.3 Å². The third kappa shape index (κ3) is 3.62. The first kappa shape index (κ1) is 18.1. The Labute approximate surface area is 154 Å². The van der Waals surface area contributed by atoms with Gasteiger partial charge < -0.3 is 10.4 Å². The lowest BCUT2D eigenvalue weighted by molar-refractivity contribution is -0.104. The summed E-state index contributed by atoms with van der Waals surface area (Å²) in [5.41, 5.74) is 1.22. The van der Waals surface area contributed by atoms with Gasteiger partial charge in [0.15, 0.2) is 0 Å². The third-order valence-corrected chi connectivity index (χ3v) is 4.05. The number of para-hydroxylation sites is 1. The highest BCUT2D eigenvalue weighted by Crippen LogP contribution is 2.21. The van der Waals surface area contributed by atoms with Gasteiger partial charge in [0, 0.05) is 0 Å². The molecule has 0 aliphatic rings. The fraction of sp³-hybridized carbons (Fsp3) is 0.100. The number of nitrogens with one attached hydrogen (secondary N) is 1. The summed E-state index contributed by atoms with van der Waals surface area (Å²) in [4.78, 5) is 39.7. The summed E-state index contributed by atoms with van der Waals surface area (Å²) >= 11 is 0. The summed E-state index contributed by atoms with van der Waals surface area (Å²) in [5, 5.41) is 11.8. The molecule has 1 heterocycles. The molecular weight excluding hydrogens is 346 g/mol. The standard InChI is InChI=1S/C20H17N3O4/c1-13(21-20(26)27)18-22-16-11-5-7-14(8-6-12-24)17(16)19(25)23(18)15-9-3-2-4-10-15/h2-13,21H,1H3,(H,26,27). The Bertz CT molecular complexity index is 1090. The van der Waals surface area contributed by atoms with Gasteiger partial charge in [0.1, 0.15) is 12.1 Å². The van der Waals surface area contributed by atoms with E-state index in [0.717, 1.165) is 0 Å². The second-order valence-corrected chi connectivity index (χ2v) is 5.85. The molecule has 0 aliphatic heterocycles. The molecule has 2 N–H and O–H groups in total. The van der Waals surface area contributed by atoms with Crippen LogP contribution in [0.5, 0.6) is 0 Å². The average molecular weight is 363 g/mol. The predicted molar refractivity (Wildman–Crippen MR) is 102 cm³/mol. The first-order valence-corrected chi connectivity index (χ1v) is 8.25. The Hall–Kier alpha value is -3.74. The summed E-state index contributed by atoms with van der Waals surface area (Å²) < 4.78 is 1.39. The smallest absolute Gasteiger partial charge is 0.405 e. The highest BCUT2D eigenvalue weighted by Gasteiger charge is 2.20. The minimum atomic E-state index is -1.21. The predicted octanol–water partition coefficient (Wildman–Crippen LogP) is 2.93. The number of fused-ring (bicyclic) bond motifs is 1. The SMILES string of the molecule is CC(NC(=O)O)c1nc2cccc(C=CC=O)c2c(=O)n1-c1ccccc1. The van der Waals surface area contributed by atoms with Gasteiger partial charge in [-0.05, 0) is 36.8 Å². The summed E-state index contributed by atoms with van der Waals surface area (Å²) in [7, 11) is 0. The number of hydrogen-bond donors (Lipinski definition) is 2. The number of aldehydes is 1. The highest BCUT2D eigenvalue weighted by molar-refractivity contribution is 5.89. The summed E-state index contributed by atoms with van der Waals surface area (Å²) in [6, 6.07) is 13.3. The molecule has 7 heteroatoms. The first-order chi connectivity index (χ1) is 13.0. The van der Waals surface area contributed by atoms with Crippen LogP contribution in [-0.2, 0) is 4.79 Å². The van der Waals surface area contributed by atoms with Crippen molar-refractivity contribution in [2.45, 2.75) is 13.0 Å². The molecule has 0 saturated heterocycles. The molecule has 1 amide bonds. The van der Waals surface area contributed by atoms with Crippen molar-refractivity contribution in [1.29, 1.82) is 0 Å². The van der Waals surface area contributed by atoms with Crippen LogP contribution < -0.4 is 10.9 Å². The summed E-state index contributed by atoms with van der Waals surface area (Å²) in [5.74, 6) is 0.276. The zero-order valence-electron chi connectivity index (χ0n) is 14.5. The highest BCUT2D eigenvalue weighted by atomic mass is 16.4. The number of carbonyl (C=O) groups excluding carboxylic acids is 1. The maximum Gasteiger partial charge on any atom is 0.405 e. The summed E-state index contributed by atoms with van der Waals surface area (Å²) in [6.07, 6.45) is 2.28. The van der Waals surface area contributed by atoms with Crippen molar-refractivity contribution < 1.29 is 14.7 Å². The Balaban J connectivity index is 2.37. The number of carboxylic acid groups (broad SMARTS) is 1. The molecule has 0 aliphatic carbocycles. The van der Waals surface area contributed by atoms with Crippen LogP contribution in [0.15, 0.2) is 59.4 Å². The van der Waals surface area contributed by atoms with Gasteiger partial charge in [0.25, 0.3) is 5.56 Å². The quantitative estimate of drug-likeness (QED) is 0.536. The molecule has 0 saturated carbocycles. The number of aromatic nitrogens is 2. The Morgan fingerprint density at radius 3 is 2.59 bits per heavy atom. The van der Waals surface area contributed by atoms with Gasteiger partial charge in [0.05, 0.1) is 22.6 Å². The number of carbonyl (C=O) groups is 2. The van der Waals surface area contributed by atoms with E-state index >= 15 is 0 Å². The lowest BCUT2D eigenvalue weighted by Gasteiger charge is -2.19. The number of benzene rings is 2. The zero-order valence-corrected chi connectivity index (χ0v) is 14.5. The normalized spacial score (nSPS) is 12.2. The molecule has 0 fully saturated rings. The van der Waals surface area contributed by atoms with Crippen LogP contribution in [0.1, 0.15) is 24.4 Å². The van der Waals surface area contributed by atoms with E-state index in [4.69, 9.17) is 5.11 Å². The molecule has 7 nitrogen and oxygen atoms in total. The molecule has 1 atom stereocenters. The maximum absolute atomic E-state index is 13.3. The third-order valence-electron chi connectivity index (χ3n) is 4.05. The lowest BCUT2D eigenvalue weighted by Crippen LogP contribution is -2.32. The molecule has 0 radical (unpaired) electrons. The van der Waals surface area contributed by atoms with Crippen LogP contribution in [0.2, 0.25) is 0 Å². The van der Waals surface area contributed by atoms with Crippen LogP contribution >= 0.6 is 0 Å². The molecule has 0 spiro atoms. The Morgan fingerprint density at radius 1 is 1.19 bits per heavy atom. The van der Waals surface area contributed by atoms with E-state index in [-0.39, 0.29) is 11.4 Å². The topological polar surface area (TPSA) is 101 Å². The van der Waals surface area contributed by atoms with Crippen molar-refractivity contribution in [1.82, 2.24) is 14.9 Å². The molecule has 3 rings (SSSR count). The number of allylic oxidation sites excluding steroid dienone is 1. The summed E-state index contributed by atoms with van der Waals surface area (Å²) in [6.45, 7) is 1.62. The zero-order chi connectivity index (χ0) is 19.4. The van der Waals surface area contributed by atoms with Crippen LogP contribution in [0.25, 0.3) is 22.7 Å². The van der Waals surface area contributed by atoms with Gasteiger partial charge in [-0.25, -0.2) is 9.78 Å². The first-order valence-electron chi connectivity index (χ1n) is 8.25. The van der Waals surface area contributed by atoms with Gasteiger partial charge in [-0.1, -0.05) is 36.4 Å². The molecule has 3 aromatic rings. The van der Waals surface area contributed by atoms with Crippen LogP contribution in [-0.4, -0.2) is 27.0 Å². The van der Waals surface area contributed by atoms with E-state index in [1.807, 2.05) is 6.07 Å². The van der Waals surface area contributed by atoms with Crippen molar-refractivity contribution in [2.75, 3.05) is 0 Å². The molecular formula is C20H17N3O4. The van der Waals surface area contributed by atoms with Crippen LogP contribution in [0.3, 0.4) is 0 Å². The molecule has 2 aromatic carbocycles. The van der Waals surface area contributed by atoms with E-state index < -0.39 is 12.1 Å². The van der Waals surface area contributed by atoms with Crippen LogP contribution in [0, 0.1) is 0 Å². The van der Waals surface area contributed by atoms with E-state index in [1.54, 1.807) is 55.5 Å². The van der Waals surface area contributed by atoms with Crippen molar-refractivity contribution in [3.8, 4) is 5.69 Å². The minimum Gasteiger partial charge on any atom is -0.465 e. The molecule has 1 unspecified atom stereocenters. The average Bonchev–Trinajstić information content (AvgIpc) is 2.66. The van der Waals surface area contributed by atoms with Gasteiger partial charge in [-0.15, -0.1) is 0 Å². The Morgan fingerprint density at radius 2 is 1.93 bits per heavy atom. The van der Waals surface area contributed by atoms with Gasteiger partial charge >= 0.3 is 6.09 Å². The minimum absolute atomic E-state index is 0.276. The van der Waals surface area contributed by atoms with E-state index in [9.17, 15) is 14.4 Å². The number of rotatable bonds is 5. The fourth-order valence-electron chi connectivity index (χ4n) is 2.92. The monoisotopic (exact) mass is 363 g/mol. The lowest BCUT2D eigenvalue weighted by atomic mass is 10.1. The van der Waals surface area contributed by atoms with E-state index in [0.29, 0.717) is 28.4 Å². The number of nitrogens with zero attached hydrogens (tertiary/aromatic N) is 2. The molecule has 1 aromatic heterocycles. The maximum atomic E-state index is 13.3. The van der Waals surface area contributed by atoms with E-state index in [2.05, 4.69) is 10.3 Å². The second-order valence-electron chi connectivity index (χ2n) is 5.85. The van der Waals surface area contributed by atoms with Crippen LogP contribution in [0.4, 0.5) is 4.79 Å². The fourth-order valence-corrected chi connectivity index (χ4v) is 2.92. The second kappa shape index (κ2) is 7.65. The van der Waals surface area contributed by atoms with Crippen molar-refractivity contribution in [2.24, 2.45) is 0 Å². The number of hydrogen-bond acceptors (Lipinski definition) is 4. The van der Waals surface area contributed by atoms with E-state index in [1.165, 1.54) is 10.6 Å². The number of amides is 1. The van der Waals surface area contributed by atoms with Crippen molar-refractivity contribution >= 4 is 29.4 Å². The van der Waals surface area contributed by atoms with Crippen molar-refractivity contribution in [3.63, 3.8) is 0 Å². The van der Waals surface area contributed by atoms with Gasteiger partial charge in [-0.2, -0.15) is 0 Å². The van der Waals surface area contributed by atoms with Gasteiger partial charge in [0.2, 0.25) is 0 Å². The molecule has 27 heavy (non-hydrogen) atoms. The van der Waals surface area contributed by atoms with Gasteiger partial charge in [-0.3, -0.25) is 14.2 Å². The molecule has 136 valence electrons. The molecule has 0 bridgehead atoms.